The lowest BCUT2D eigenvalue weighted by Crippen LogP contribution is -2.39. The molecular formula is C15H27NO4S. The molecule has 2 aliphatic rings. The number of rotatable bonds is 6. The van der Waals surface area contributed by atoms with Crippen LogP contribution >= 0.6 is 0 Å². The van der Waals surface area contributed by atoms with Gasteiger partial charge in [-0.15, -0.1) is 0 Å². The number of carboxylic acid groups (broad SMARTS) is 1. The third kappa shape index (κ3) is 3.77. The van der Waals surface area contributed by atoms with Crippen molar-refractivity contribution >= 4 is 16.0 Å². The first kappa shape index (κ1) is 16.7. The summed E-state index contributed by atoms with van der Waals surface area (Å²) < 4.78 is 26.5. The van der Waals surface area contributed by atoms with Crippen molar-refractivity contribution in [2.24, 2.45) is 11.3 Å². The van der Waals surface area contributed by atoms with Crippen LogP contribution in [-0.4, -0.2) is 42.6 Å². The van der Waals surface area contributed by atoms with Crippen LogP contribution in [0.3, 0.4) is 0 Å². The second-order valence-corrected chi connectivity index (χ2v) is 8.72. The first-order valence-corrected chi connectivity index (χ1v) is 9.72. The van der Waals surface area contributed by atoms with E-state index in [1.54, 1.807) is 0 Å². The summed E-state index contributed by atoms with van der Waals surface area (Å²) in [6.07, 6.45) is 7.20. The zero-order valence-corrected chi connectivity index (χ0v) is 13.7. The summed E-state index contributed by atoms with van der Waals surface area (Å²) in [5.41, 5.74) is -0.867. The Morgan fingerprint density at radius 3 is 2.52 bits per heavy atom. The SMILES string of the molecule is CCCC1(C(=O)O)CCN(S(=O)(=O)CC2CCCCC2)C1. The van der Waals surface area contributed by atoms with Crippen LogP contribution in [0.25, 0.3) is 0 Å². The minimum atomic E-state index is -3.31. The molecule has 2 rings (SSSR count). The third-order valence-corrected chi connectivity index (χ3v) is 7.06. The first-order valence-electron chi connectivity index (χ1n) is 8.11. The maximum atomic E-state index is 12.5. The van der Waals surface area contributed by atoms with Crippen molar-refractivity contribution < 1.29 is 18.3 Å². The molecule has 1 heterocycles. The van der Waals surface area contributed by atoms with Crippen LogP contribution in [0.15, 0.2) is 0 Å². The van der Waals surface area contributed by atoms with Gasteiger partial charge in [0.2, 0.25) is 10.0 Å². The molecule has 21 heavy (non-hydrogen) atoms. The number of nitrogens with zero attached hydrogens (tertiary/aromatic N) is 1. The molecule has 1 atom stereocenters. The second-order valence-electron chi connectivity index (χ2n) is 6.70. The fourth-order valence-electron chi connectivity index (χ4n) is 3.79. The maximum absolute atomic E-state index is 12.5. The van der Waals surface area contributed by atoms with E-state index in [-0.39, 0.29) is 18.2 Å². The largest absolute Gasteiger partial charge is 0.481 e. The van der Waals surface area contributed by atoms with Gasteiger partial charge in [-0.3, -0.25) is 4.79 Å². The van der Waals surface area contributed by atoms with Gasteiger partial charge >= 0.3 is 5.97 Å². The van der Waals surface area contributed by atoms with Gasteiger partial charge in [0, 0.05) is 13.1 Å². The van der Waals surface area contributed by atoms with Gasteiger partial charge in [0.25, 0.3) is 0 Å². The predicted molar refractivity (Wildman–Crippen MR) is 81.5 cm³/mol. The summed E-state index contributed by atoms with van der Waals surface area (Å²) in [5.74, 6) is -0.385. The zero-order chi connectivity index (χ0) is 15.5. The Morgan fingerprint density at radius 1 is 1.29 bits per heavy atom. The number of hydrogen-bond donors (Lipinski definition) is 1. The molecule has 0 aromatic rings. The van der Waals surface area contributed by atoms with Crippen molar-refractivity contribution in [3.63, 3.8) is 0 Å². The molecule has 5 nitrogen and oxygen atoms in total. The highest BCUT2D eigenvalue weighted by Gasteiger charge is 2.47. The standard InChI is InChI=1S/C15H27NO4S/c1-2-8-15(14(17)18)9-10-16(12-15)21(19,20)11-13-6-4-3-5-7-13/h13H,2-12H2,1H3,(H,17,18). The van der Waals surface area contributed by atoms with Gasteiger partial charge in [-0.25, -0.2) is 12.7 Å². The molecule has 6 heteroatoms. The van der Waals surface area contributed by atoms with Crippen molar-refractivity contribution in [3.05, 3.63) is 0 Å². The Labute approximate surface area is 127 Å². The summed E-state index contributed by atoms with van der Waals surface area (Å²) in [5, 5.41) is 9.48. The Hall–Kier alpha value is -0.620. The minimum absolute atomic E-state index is 0.158. The Bertz CT molecular complexity index is 470. The predicted octanol–water partition coefficient (Wildman–Crippen LogP) is 2.47. The van der Waals surface area contributed by atoms with E-state index < -0.39 is 21.4 Å². The minimum Gasteiger partial charge on any atom is -0.481 e. The van der Waals surface area contributed by atoms with Crippen molar-refractivity contribution in [2.45, 2.75) is 58.3 Å². The molecule has 0 aromatic heterocycles. The molecular weight excluding hydrogens is 290 g/mol. The summed E-state index contributed by atoms with van der Waals surface area (Å²) in [4.78, 5) is 11.6. The van der Waals surface area contributed by atoms with Gasteiger partial charge in [0.1, 0.15) is 0 Å². The third-order valence-electron chi connectivity index (χ3n) is 5.07. The van der Waals surface area contributed by atoms with E-state index in [0.29, 0.717) is 19.4 Å². The monoisotopic (exact) mass is 317 g/mol. The molecule has 0 amide bonds. The first-order chi connectivity index (χ1) is 9.89. The molecule has 1 N–H and O–H groups in total. The highest BCUT2D eigenvalue weighted by Crippen LogP contribution is 2.37. The van der Waals surface area contributed by atoms with Crippen LogP contribution in [0.2, 0.25) is 0 Å². The van der Waals surface area contributed by atoms with Gasteiger partial charge in [-0.1, -0.05) is 32.6 Å². The van der Waals surface area contributed by atoms with Crippen LogP contribution in [0, 0.1) is 11.3 Å². The van der Waals surface area contributed by atoms with Gasteiger partial charge < -0.3 is 5.11 Å². The van der Waals surface area contributed by atoms with E-state index in [9.17, 15) is 18.3 Å². The second kappa shape index (κ2) is 6.65. The van der Waals surface area contributed by atoms with Crippen LogP contribution in [0.4, 0.5) is 0 Å². The molecule has 1 aliphatic carbocycles. The average molecular weight is 317 g/mol. The number of aliphatic carboxylic acids is 1. The number of carbonyl (C=O) groups is 1. The quantitative estimate of drug-likeness (QED) is 0.816. The Balaban J connectivity index is 2.02. The van der Waals surface area contributed by atoms with Crippen molar-refractivity contribution in [2.75, 3.05) is 18.8 Å². The molecule has 1 saturated heterocycles. The highest BCUT2D eigenvalue weighted by atomic mass is 32.2. The molecule has 1 unspecified atom stereocenters. The van der Waals surface area contributed by atoms with Gasteiger partial charge in [-0.05, 0) is 31.6 Å². The van der Waals surface area contributed by atoms with Gasteiger partial charge in [0.15, 0.2) is 0 Å². The summed E-state index contributed by atoms with van der Waals surface area (Å²) in [6, 6.07) is 0. The molecule has 1 saturated carbocycles. The molecule has 0 bridgehead atoms. The molecule has 122 valence electrons. The molecule has 2 fully saturated rings. The lowest BCUT2D eigenvalue weighted by molar-refractivity contribution is -0.148. The maximum Gasteiger partial charge on any atom is 0.311 e. The lowest BCUT2D eigenvalue weighted by atomic mass is 9.83. The van der Waals surface area contributed by atoms with E-state index in [0.717, 1.165) is 32.1 Å². The Kier molecular flexibility index (Phi) is 5.30. The highest BCUT2D eigenvalue weighted by molar-refractivity contribution is 7.89. The van der Waals surface area contributed by atoms with E-state index in [1.807, 2.05) is 6.92 Å². The average Bonchev–Trinajstić information content (AvgIpc) is 2.86. The molecule has 0 aromatic carbocycles. The summed E-state index contributed by atoms with van der Waals surface area (Å²) in [6.45, 7) is 2.47. The fraction of sp³-hybridized carbons (Fsp3) is 0.933. The normalized spacial score (nSPS) is 28.8. The van der Waals surface area contributed by atoms with Crippen LogP contribution in [0.5, 0.6) is 0 Å². The summed E-state index contributed by atoms with van der Waals surface area (Å²) >= 11 is 0. The number of sulfonamides is 1. The van der Waals surface area contributed by atoms with Crippen LogP contribution in [-0.2, 0) is 14.8 Å². The zero-order valence-electron chi connectivity index (χ0n) is 12.9. The lowest BCUT2D eigenvalue weighted by Gasteiger charge is -2.26. The topological polar surface area (TPSA) is 74.7 Å². The van der Waals surface area contributed by atoms with E-state index in [2.05, 4.69) is 0 Å². The molecule has 0 spiro atoms. The smallest absolute Gasteiger partial charge is 0.311 e. The number of carboxylic acids is 1. The van der Waals surface area contributed by atoms with Crippen LogP contribution in [0.1, 0.15) is 58.3 Å². The Morgan fingerprint density at radius 2 is 1.95 bits per heavy atom. The van der Waals surface area contributed by atoms with Gasteiger partial charge in [0.05, 0.1) is 11.2 Å². The van der Waals surface area contributed by atoms with Gasteiger partial charge in [-0.2, -0.15) is 0 Å². The van der Waals surface area contributed by atoms with Crippen molar-refractivity contribution in [3.8, 4) is 0 Å². The van der Waals surface area contributed by atoms with Crippen molar-refractivity contribution in [1.29, 1.82) is 0 Å². The summed E-state index contributed by atoms with van der Waals surface area (Å²) in [7, 11) is -3.31. The molecule has 1 aliphatic heterocycles. The fourth-order valence-corrected chi connectivity index (χ4v) is 5.75. The van der Waals surface area contributed by atoms with Crippen LogP contribution < -0.4 is 0 Å². The van der Waals surface area contributed by atoms with E-state index in [4.69, 9.17) is 0 Å². The van der Waals surface area contributed by atoms with Crippen molar-refractivity contribution in [1.82, 2.24) is 4.31 Å². The van der Waals surface area contributed by atoms with E-state index >= 15 is 0 Å². The van der Waals surface area contributed by atoms with E-state index in [1.165, 1.54) is 10.7 Å². The number of hydrogen-bond acceptors (Lipinski definition) is 3. The molecule has 0 radical (unpaired) electrons.